The summed E-state index contributed by atoms with van der Waals surface area (Å²) in [6.45, 7) is 6.26. The summed E-state index contributed by atoms with van der Waals surface area (Å²) in [5, 5.41) is 1.84. The molecule has 0 saturated heterocycles. The van der Waals surface area contributed by atoms with Gasteiger partial charge < -0.3 is 9.72 Å². The second-order valence-corrected chi connectivity index (χ2v) is 7.06. The number of esters is 1. The van der Waals surface area contributed by atoms with Crippen molar-refractivity contribution < 1.29 is 9.53 Å². The number of carbonyl (C=O) groups excluding carboxylic acids is 1. The van der Waals surface area contributed by atoms with Crippen molar-refractivity contribution >= 4 is 40.2 Å². The van der Waals surface area contributed by atoms with E-state index in [1.165, 1.54) is 0 Å². The lowest BCUT2D eigenvalue weighted by Gasteiger charge is -2.09. The van der Waals surface area contributed by atoms with Gasteiger partial charge in [-0.05, 0) is 50.6 Å². The average Bonchev–Trinajstić information content (AvgIpc) is 2.84. The maximum absolute atomic E-state index is 12.0. The Morgan fingerprint density at radius 1 is 1.21 bits per heavy atom. The number of carbonyl (C=O) groups is 1. The van der Waals surface area contributed by atoms with E-state index >= 15 is 0 Å². The maximum atomic E-state index is 12.0. The first-order valence-corrected chi connectivity index (χ1v) is 8.92. The molecule has 2 aromatic carbocycles. The number of rotatable bonds is 4. The van der Waals surface area contributed by atoms with Gasteiger partial charge in [-0.3, -0.25) is 0 Å². The van der Waals surface area contributed by atoms with Gasteiger partial charge in [0.2, 0.25) is 0 Å². The fraction of sp³-hybridized carbons (Fsp3) is 0.211. The molecule has 0 saturated carbocycles. The van der Waals surface area contributed by atoms with Crippen molar-refractivity contribution in [2.45, 2.75) is 30.6 Å². The minimum atomic E-state index is -0.290. The summed E-state index contributed by atoms with van der Waals surface area (Å²) < 4.78 is 5.10. The van der Waals surface area contributed by atoms with Gasteiger partial charge in [0.05, 0.1) is 12.2 Å². The molecular weight excluding hydrogens is 342 g/mol. The molecule has 3 rings (SSSR count). The number of ether oxygens (including phenoxy) is 1. The molecule has 124 valence electrons. The van der Waals surface area contributed by atoms with E-state index in [0.29, 0.717) is 17.2 Å². The monoisotopic (exact) mass is 359 g/mol. The summed E-state index contributed by atoms with van der Waals surface area (Å²) in [4.78, 5) is 17.5. The van der Waals surface area contributed by atoms with Gasteiger partial charge in [-0.15, -0.1) is 0 Å². The number of hydrogen-bond acceptors (Lipinski definition) is 3. The minimum Gasteiger partial charge on any atom is -0.462 e. The molecule has 1 aromatic heterocycles. The highest BCUT2D eigenvalue weighted by molar-refractivity contribution is 7.99. The molecular formula is C19H18ClNO2S. The van der Waals surface area contributed by atoms with E-state index in [-0.39, 0.29) is 5.97 Å². The zero-order valence-corrected chi connectivity index (χ0v) is 15.3. The second kappa shape index (κ2) is 6.91. The molecule has 0 radical (unpaired) electrons. The number of hydrogen-bond donors (Lipinski definition) is 1. The Hall–Kier alpha value is -1.91. The Balaban J connectivity index is 2.01. The SMILES string of the molecule is CCOC(=O)c1ccc(C)c(Sc2c(C)[nH]c3cc(Cl)ccc23)c1. The predicted octanol–water partition coefficient (Wildman–Crippen LogP) is 5.77. The molecule has 0 bridgehead atoms. The van der Waals surface area contributed by atoms with Gasteiger partial charge in [-0.25, -0.2) is 4.79 Å². The molecule has 1 N–H and O–H groups in total. The molecule has 0 aliphatic rings. The first-order chi connectivity index (χ1) is 11.5. The minimum absolute atomic E-state index is 0.290. The highest BCUT2D eigenvalue weighted by atomic mass is 35.5. The van der Waals surface area contributed by atoms with E-state index in [0.717, 1.165) is 32.0 Å². The molecule has 0 aliphatic carbocycles. The van der Waals surface area contributed by atoms with Crippen LogP contribution in [0.15, 0.2) is 46.2 Å². The van der Waals surface area contributed by atoms with E-state index in [1.54, 1.807) is 17.8 Å². The zero-order valence-electron chi connectivity index (χ0n) is 13.8. The fourth-order valence-corrected chi connectivity index (χ4v) is 3.87. The molecule has 1 heterocycles. The normalized spacial score (nSPS) is 11.0. The van der Waals surface area contributed by atoms with E-state index in [4.69, 9.17) is 16.3 Å². The molecule has 0 spiro atoms. The van der Waals surface area contributed by atoms with Crippen molar-refractivity contribution in [3.63, 3.8) is 0 Å². The molecule has 24 heavy (non-hydrogen) atoms. The van der Waals surface area contributed by atoms with Gasteiger partial charge in [-0.1, -0.05) is 35.5 Å². The largest absolute Gasteiger partial charge is 0.462 e. The molecule has 0 aliphatic heterocycles. The Morgan fingerprint density at radius 2 is 2.00 bits per heavy atom. The number of halogens is 1. The van der Waals surface area contributed by atoms with Crippen LogP contribution in [0.1, 0.15) is 28.5 Å². The van der Waals surface area contributed by atoms with E-state index in [2.05, 4.69) is 4.98 Å². The van der Waals surface area contributed by atoms with E-state index in [9.17, 15) is 4.79 Å². The van der Waals surface area contributed by atoms with Crippen LogP contribution in [-0.2, 0) is 4.74 Å². The van der Waals surface area contributed by atoms with Crippen LogP contribution in [0.3, 0.4) is 0 Å². The van der Waals surface area contributed by atoms with Crippen LogP contribution in [0.2, 0.25) is 5.02 Å². The van der Waals surface area contributed by atoms with Crippen molar-refractivity contribution in [2.24, 2.45) is 0 Å². The van der Waals surface area contributed by atoms with E-state index < -0.39 is 0 Å². The van der Waals surface area contributed by atoms with Crippen LogP contribution in [0.4, 0.5) is 0 Å². The number of aromatic amines is 1. The van der Waals surface area contributed by atoms with Crippen molar-refractivity contribution in [3.8, 4) is 0 Å². The zero-order chi connectivity index (χ0) is 17.3. The third-order valence-electron chi connectivity index (χ3n) is 3.80. The Bertz CT molecular complexity index is 917. The van der Waals surface area contributed by atoms with Gasteiger partial charge >= 0.3 is 5.97 Å². The fourth-order valence-electron chi connectivity index (χ4n) is 2.57. The van der Waals surface area contributed by atoms with Crippen molar-refractivity contribution in [3.05, 3.63) is 58.2 Å². The quantitative estimate of drug-likeness (QED) is 0.601. The highest BCUT2D eigenvalue weighted by Crippen LogP contribution is 2.38. The van der Waals surface area contributed by atoms with Crippen LogP contribution in [0, 0.1) is 13.8 Å². The third-order valence-corrected chi connectivity index (χ3v) is 5.43. The lowest BCUT2D eigenvalue weighted by atomic mass is 10.1. The van der Waals surface area contributed by atoms with Crippen LogP contribution in [-0.4, -0.2) is 17.6 Å². The first-order valence-electron chi connectivity index (χ1n) is 7.73. The number of aryl methyl sites for hydroxylation is 2. The summed E-state index contributed by atoms with van der Waals surface area (Å²) in [5.74, 6) is -0.290. The van der Waals surface area contributed by atoms with Gasteiger partial charge in [-0.2, -0.15) is 0 Å². The smallest absolute Gasteiger partial charge is 0.338 e. The Kier molecular flexibility index (Phi) is 4.88. The molecule has 0 unspecified atom stereocenters. The van der Waals surface area contributed by atoms with Gasteiger partial charge in [0, 0.05) is 31.4 Å². The molecule has 5 heteroatoms. The molecule has 0 fully saturated rings. The summed E-state index contributed by atoms with van der Waals surface area (Å²) in [7, 11) is 0. The lowest BCUT2D eigenvalue weighted by Crippen LogP contribution is -2.04. The number of H-pyrrole nitrogens is 1. The Labute approximate surface area is 150 Å². The standard InChI is InChI=1S/C19H18ClNO2S/c1-4-23-19(22)13-6-5-11(2)17(9-13)24-18-12(3)21-16-10-14(20)7-8-15(16)18/h5-10,21H,4H2,1-3H3. The molecule has 3 aromatic rings. The number of aromatic nitrogens is 1. The predicted molar refractivity (Wildman–Crippen MR) is 99.3 cm³/mol. The highest BCUT2D eigenvalue weighted by Gasteiger charge is 2.14. The third kappa shape index (κ3) is 3.30. The average molecular weight is 360 g/mol. The second-order valence-electron chi connectivity index (χ2n) is 5.57. The van der Waals surface area contributed by atoms with Crippen molar-refractivity contribution in [1.82, 2.24) is 4.98 Å². The van der Waals surface area contributed by atoms with Crippen molar-refractivity contribution in [2.75, 3.05) is 6.61 Å². The summed E-state index contributed by atoms with van der Waals surface area (Å²) >= 11 is 7.72. The van der Waals surface area contributed by atoms with Crippen LogP contribution in [0.25, 0.3) is 10.9 Å². The van der Waals surface area contributed by atoms with Crippen LogP contribution < -0.4 is 0 Å². The number of fused-ring (bicyclic) bond motifs is 1. The summed E-state index contributed by atoms with van der Waals surface area (Å²) in [6.07, 6.45) is 0. The molecule has 0 atom stereocenters. The van der Waals surface area contributed by atoms with Gasteiger partial charge in [0.25, 0.3) is 0 Å². The summed E-state index contributed by atoms with van der Waals surface area (Å²) in [5.41, 5.74) is 3.79. The number of benzene rings is 2. The summed E-state index contributed by atoms with van der Waals surface area (Å²) in [6, 6.07) is 11.5. The van der Waals surface area contributed by atoms with Gasteiger partial charge in [0.15, 0.2) is 0 Å². The van der Waals surface area contributed by atoms with Gasteiger partial charge in [0.1, 0.15) is 0 Å². The lowest BCUT2D eigenvalue weighted by molar-refractivity contribution is 0.0526. The van der Waals surface area contributed by atoms with E-state index in [1.807, 2.05) is 51.1 Å². The van der Waals surface area contributed by atoms with Crippen LogP contribution in [0.5, 0.6) is 0 Å². The van der Waals surface area contributed by atoms with Crippen molar-refractivity contribution in [1.29, 1.82) is 0 Å². The number of nitrogens with one attached hydrogen (secondary N) is 1. The molecule has 0 amide bonds. The topological polar surface area (TPSA) is 42.1 Å². The van der Waals surface area contributed by atoms with Crippen LogP contribution >= 0.6 is 23.4 Å². The Morgan fingerprint density at radius 3 is 2.75 bits per heavy atom. The first kappa shape index (κ1) is 16.9. The maximum Gasteiger partial charge on any atom is 0.338 e. The molecule has 3 nitrogen and oxygen atoms in total.